The Labute approximate surface area is 391 Å². The van der Waals surface area contributed by atoms with Crippen LogP contribution in [0, 0.1) is 0 Å². The van der Waals surface area contributed by atoms with Crippen LogP contribution in [-0.4, -0.2) is 39.0 Å². The van der Waals surface area contributed by atoms with Gasteiger partial charge < -0.3 is 4.57 Å². The van der Waals surface area contributed by atoms with Crippen LogP contribution in [-0.2, 0) is 0 Å². The summed E-state index contributed by atoms with van der Waals surface area (Å²) in [6, 6.07) is 79.3. The number of hydrogen-bond donors (Lipinski definition) is 0. The normalized spacial score (nSPS) is 11.5. The van der Waals surface area contributed by atoms with Crippen LogP contribution >= 0.6 is 0 Å². The Morgan fingerprint density at radius 2 is 0.618 bits per heavy atom. The van der Waals surface area contributed by atoms with Crippen LogP contribution in [0.15, 0.2) is 231 Å². The van der Waals surface area contributed by atoms with Gasteiger partial charge in [-0.2, -0.15) is 9.97 Å². The first-order valence-corrected chi connectivity index (χ1v) is 22.6. The fraction of sp³-hybridized carbons (Fsp3) is 0. The Bertz CT molecular complexity index is 3960. The summed E-state index contributed by atoms with van der Waals surface area (Å²) in [6.45, 7) is 0. The van der Waals surface area contributed by atoms with Crippen LogP contribution in [0.5, 0.6) is 0 Å². The first kappa shape index (κ1) is 39.0. The zero-order valence-electron chi connectivity index (χ0n) is 36.5. The minimum Gasteiger partial charge on any atom is -0.308 e. The lowest BCUT2D eigenvalue weighted by atomic mass is 9.99. The summed E-state index contributed by atoms with van der Waals surface area (Å²) >= 11 is 0. The van der Waals surface area contributed by atoms with E-state index in [4.69, 9.17) is 29.9 Å². The molecule has 0 atom stereocenters. The van der Waals surface area contributed by atoms with Crippen molar-refractivity contribution in [2.75, 3.05) is 0 Å². The van der Waals surface area contributed by atoms with Crippen molar-refractivity contribution in [2.24, 2.45) is 0 Å². The number of nitrogens with zero attached hydrogens (tertiary/aromatic N) is 8. The molecule has 0 bridgehead atoms. The fourth-order valence-electron chi connectivity index (χ4n) is 9.54. The molecule has 0 saturated carbocycles. The van der Waals surface area contributed by atoms with Gasteiger partial charge in [0, 0.05) is 49.4 Å². The second-order valence-electron chi connectivity index (χ2n) is 16.7. The van der Waals surface area contributed by atoms with Crippen LogP contribution in [0.1, 0.15) is 0 Å². The van der Waals surface area contributed by atoms with E-state index in [-0.39, 0.29) is 0 Å². The summed E-state index contributed by atoms with van der Waals surface area (Å²) in [7, 11) is 0. The number of fused-ring (bicyclic) bond motifs is 6. The van der Waals surface area contributed by atoms with E-state index in [0.717, 1.165) is 88.2 Å². The Kier molecular flexibility index (Phi) is 9.31. The summed E-state index contributed by atoms with van der Waals surface area (Å²) in [5, 5.41) is 4.44. The molecular weight excluding hydrogens is 833 g/mol. The van der Waals surface area contributed by atoms with Crippen molar-refractivity contribution >= 4 is 43.6 Å². The fourth-order valence-corrected chi connectivity index (χ4v) is 9.54. The third-order valence-electron chi connectivity index (χ3n) is 12.7. The highest BCUT2D eigenvalue weighted by atomic mass is 15.2. The Balaban J connectivity index is 1.08. The molecular formula is C60H38N8. The van der Waals surface area contributed by atoms with Gasteiger partial charge in [0.15, 0.2) is 29.1 Å². The molecule has 318 valence electrons. The smallest absolute Gasteiger partial charge is 0.238 e. The van der Waals surface area contributed by atoms with Crippen LogP contribution in [0.4, 0.5) is 0 Å². The highest BCUT2D eigenvalue weighted by Gasteiger charge is 2.24. The molecule has 8 heteroatoms. The molecule has 0 unspecified atom stereocenters. The third kappa shape index (κ3) is 6.62. The zero-order chi connectivity index (χ0) is 45.0. The van der Waals surface area contributed by atoms with E-state index >= 15 is 0 Å². The first-order chi connectivity index (χ1) is 33.7. The number of para-hydroxylation sites is 3. The lowest BCUT2D eigenvalue weighted by Crippen LogP contribution is -2.07. The van der Waals surface area contributed by atoms with Gasteiger partial charge in [-0.05, 0) is 47.5 Å². The standard InChI is InChI=1S/C60H38N8/c1-5-21-39(22-6-1)43-29-13-14-32-46(43)58-64-57(42-27-11-4-12-28-42)65-60(66-58)68-51-35-19-16-31-45(51)49-37-48-44-30-15-18-34-50(44)67(53(48)38-54(49)68)52-36-20-17-33-47(52)59-62-55(40-23-7-2-8-24-40)61-56(63-59)41-25-9-3-10-26-41/h1-38H. The largest absolute Gasteiger partial charge is 0.308 e. The van der Waals surface area contributed by atoms with Crippen LogP contribution in [0.25, 0.3) is 123 Å². The van der Waals surface area contributed by atoms with Crippen LogP contribution in [0.3, 0.4) is 0 Å². The van der Waals surface area contributed by atoms with E-state index in [9.17, 15) is 0 Å². The quantitative estimate of drug-likeness (QED) is 0.151. The third-order valence-corrected chi connectivity index (χ3v) is 12.7. The van der Waals surface area contributed by atoms with Gasteiger partial charge in [-0.3, -0.25) is 4.57 Å². The highest BCUT2D eigenvalue weighted by molar-refractivity contribution is 6.19. The number of rotatable bonds is 8. The monoisotopic (exact) mass is 870 g/mol. The molecule has 8 nitrogen and oxygen atoms in total. The molecule has 13 aromatic rings. The Hall–Kier alpha value is -9.40. The van der Waals surface area contributed by atoms with Gasteiger partial charge in [0.1, 0.15) is 0 Å². The minimum absolute atomic E-state index is 0.525. The zero-order valence-corrected chi connectivity index (χ0v) is 36.5. The van der Waals surface area contributed by atoms with Gasteiger partial charge in [0.05, 0.1) is 27.8 Å². The molecule has 0 N–H and O–H groups in total. The van der Waals surface area contributed by atoms with Crippen molar-refractivity contribution in [2.45, 2.75) is 0 Å². The predicted molar refractivity (Wildman–Crippen MR) is 275 cm³/mol. The van der Waals surface area contributed by atoms with E-state index in [1.54, 1.807) is 0 Å². The predicted octanol–water partition coefficient (Wildman–Crippen LogP) is 14.3. The summed E-state index contributed by atoms with van der Waals surface area (Å²) in [5.41, 5.74) is 11.6. The second-order valence-corrected chi connectivity index (χ2v) is 16.7. The highest BCUT2D eigenvalue weighted by Crippen LogP contribution is 2.42. The molecule has 4 aromatic heterocycles. The molecule has 0 radical (unpaired) electrons. The van der Waals surface area contributed by atoms with Gasteiger partial charge in [-0.1, -0.05) is 194 Å². The SMILES string of the molecule is c1ccc(-c2nc(-c3ccccc3)nc(-c3ccccc3-n3c4ccccc4c4cc5c6ccccc6n(-c6nc(-c7ccccc7)nc(-c7ccccc7-c7ccccc7)n6)c5cc43)n2)cc1. The molecule has 9 aromatic carbocycles. The van der Waals surface area contributed by atoms with Crippen molar-refractivity contribution in [1.82, 2.24) is 39.0 Å². The molecule has 0 spiro atoms. The second kappa shape index (κ2) is 16.2. The Morgan fingerprint density at radius 1 is 0.235 bits per heavy atom. The van der Waals surface area contributed by atoms with E-state index in [1.165, 1.54) is 0 Å². The van der Waals surface area contributed by atoms with E-state index in [0.29, 0.717) is 35.1 Å². The first-order valence-electron chi connectivity index (χ1n) is 22.6. The van der Waals surface area contributed by atoms with Crippen molar-refractivity contribution in [1.29, 1.82) is 0 Å². The number of hydrogen-bond acceptors (Lipinski definition) is 6. The summed E-state index contributed by atoms with van der Waals surface area (Å²) < 4.78 is 4.55. The van der Waals surface area contributed by atoms with Gasteiger partial charge in [0.25, 0.3) is 0 Å². The lowest BCUT2D eigenvalue weighted by Gasteiger charge is -2.15. The van der Waals surface area contributed by atoms with Gasteiger partial charge >= 0.3 is 0 Å². The molecule has 0 aliphatic carbocycles. The Morgan fingerprint density at radius 3 is 1.19 bits per heavy atom. The average molecular weight is 871 g/mol. The van der Waals surface area contributed by atoms with Crippen molar-refractivity contribution in [3.63, 3.8) is 0 Å². The van der Waals surface area contributed by atoms with Crippen LogP contribution in [0.2, 0.25) is 0 Å². The van der Waals surface area contributed by atoms with E-state index in [1.807, 2.05) is 91.0 Å². The maximum absolute atomic E-state index is 5.39. The van der Waals surface area contributed by atoms with Gasteiger partial charge in [0.2, 0.25) is 5.95 Å². The van der Waals surface area contributed by atoms with Crippen molar-refractivity contribution in [3.8, 4) is 79.7 Å². The van der Waals surface area contributed by atoms with Crippen LogP contribution < -0.4 is 0 Å². The maximum atomic E-state index is 5.39. The van der Waals surface area contributed by atoms with E-state index in [2.05, 4.69) is 149 Å². The average Bonchev–Trinajstić information content (AvgIpc) is 3.92. The van der Waals surface area contributed by atoms with E-state index < -0.39 is 0 Å². The molecule has 0 aliphatic rings. The van der Waals surface area contributed by atoms with Gasteiger partial charge in [-0.15, -0.1) is 0 Å². The topological polar surface area (TPSA) is 87.2 Å². The lowest BCUT2D eigenvalue weighted by molar-refractivity contribution is 0.954. The molecule has 13 rings (SSSR count). The molecule has 0 saturated heterocycles. The summed E-state index contributed by atoms with van der Waals surface area (Å²) in [5.74, 6) is 3.50. The minimum atomic E-state index is 0.525. The summed E-state index contributed by atoms with van der Waals surface area (Å²) in [6.07, 6.45) is 0. The summed E-state index contributed by atoms with van der Waals surface area (Å²) in [4.78, 5) is 31.3. The molecule has 0 amide bonds. The molecule has 0 fully saturated rings. The molecule has 68 heavy (non-hydrogen) atoms. The van der Waals surface area contributed by atoms with Crippen molar-refractivity contribution in [3.05, 3.63) is 231 Å². The maximum Gasteiger partial charge on any atom is 0.238 e. The number of aromatic nitrogens is 8. The van der Waals surface area contributed by atoms with Gasteiger partial charge in [-0.25, -0.2) is 19.9 Å². The van der Waals surface area contributed by atoms with Crippen molar-refractivity contribution < 1.29 is 0 Å². The number of benzene rings is 9. The molecule has 4 heterocycles. The molecule has 0 aliphatic heterocycles.